The van der Waals surface area contributed by atoms with Gasteiger partial charge in [0.05, 0.1) is 11.2 Å². The van der Waals surface area contributed by atoms with Crippen LogP contribution in [-0.4, -0.2) is 11.5 Å². The van der Waals surface area contributed by atoms with Crippen molar-refractivity contribution in [3.63, 3.8) is 0 Å². The Morgan fingerprint density at radius 1 is 1.29 bits per heavy atom. The Bertz CT molecular complexity index is 395. The summed E-state index contributed by atoms with van der Waals surface area (Å²) in [4.78, 5) is 4.31. The van der Waals surface area contributed by atoms with Gasteiger partial charge in [-0.15, -0.1) is 11.3 Å². The second-order valence-corrected chi connectivity index (χ2v) is 3.79. The molecule has 2 aromatic rings. The van der Waals surface area contributed by atoms with Crippen LogP contribution in [0.15, 0.2) is 35.2 Å². The van der Waals surface area contributed by atoms with Crippen LogP contribution in [0.25, 0.3) is 11.3 Å². The average Bonchev–Trinajstić information content (AvgIpc) is 2.72. The van der Waals surface area contributed by atoms with Gasteiger partial charge < -0.3 is 5.73 Å². The van der Waals surface area contributed by atoms with Gasteiger partial charge in [-0.2, -0.15) is 0 Å². The Morgan fingerprint density at radius 2 is 2.14 bits per heavy atom. The molecule has 2 nitrogen and oxygen atoms in total. The third kappa shape index (κ3) is 1.84. The fraction of sp³-hybridized carbons (Fsp3) is 0.182. The topological polar surface area (TPSA) is 38.9 Å². The lowest BCUT2D eigenvalue weighted by Crippen LogP contribution is -2.03. The summed E-state index contributed by atoms with van der Waals surface area (Å²) in [6.45, 7) is 0.682. The molecule has 14 heavy (non-hydrogen) atoms. The van der Waals surface area contributed by atoms with Crippen molar-refractivity contribution in [2.24, 2.45) is 5.73 Å². The lowest BCUT2D eigenvalue weighted by molar-refractivity contribution is 0.970. The Hall–Kier alpha value is -1.19. The highest BCUT2D eigenvalue weighted by Gasteiger charge is 2.04. The fourth-order valence-corrected chi connectivity index (χ4v) is 2.04. The molecule has 0 fully saturated rings. The number of benzene rings is 1. The van der Waals surface area contributed by atoms with Gasteiger partial charge in [-0.3, -0.25) is 0 Å². The highest BCUT2D eigenvalue weighted by Crippen LogP contribution is 2.23. The number of rotatable bonds is 3. The Morgan fingerprint density at radius 3 is 2.86 bits per heavy atom. The lowest BCUT2D eigenvalue weighted by Gasteiger charge is -2.05. The van der Waals surface area contributed by atoms with Gasteiger partial charge in [0.15, 0.2) is 0 Å². The molecule has 2 rings (SSSR count). The number of hydrogen-bond donors (Lipinski definition) is 1. The second kappa shape index (κ2) is 4.35. The standard InChI is InChI=1S/C11H12N2S/c12-6-5-9-3-1-2-4-10(9)11-7-14-8-13-11/h1-4,7-8H,5-6,12H2. The average molecular weight is 204 g/mol. The van der Waals surface area contributed by atoms with Crippen molar-refractivity contribution in [3.05, 3.63) is 40.7 Å². The summed E-state index contributed by atoms with van der Waals surface area (Å²) in [5.74, 6) is 0. The van der Waals surface area contributed by atoms with Crippen molar-refractivity contribution in [1.82, 2.24) is 4.98 Å². The van der Waals surface area contributed by atoms with Crippen LogP contribution in [0, 0.1) is 0 Å². The first-order chi connectivity index (χ1) is 6.92. The summed E-state index contributed by atoms with van der Waals surface area (Å²) in [6, 6.07) is 8.29. The monoisotopic (exact) mass is 204 g/mol. The van der Waals surface area contributed by atoms with E-state index in [1.165, 1.54) is 11.1 Å². The molecular formula is C11H12N2S. The van der Waals surface area contributed by atoms with Crippen molar-refractivity contribution >= 4 is 11.3 Å². The van der Waals surface area contributed by atoms with E-state index in [4.69, 9.17) is 5.73 Å². The quantitative estimate of drug-likeness (QED) is 0.833. The van der Waals surface area contributed by atoms with E-state index in [9.17, 15) is 0 Å². The third-order valence-electron chi connectivity index (χ3n) is 2.14. The molecule has 1 aromatic carbocycles. The van der Waals surface area contributed by atoms with Crippen molar-refractivity contribution < 1.29 is 0 Å². The Kier molecular flexibility index (Phi) is 2.91. The highest BCUT2D eigenvalue weighted by atomic mass is 32.1. The van der Waals surface area contributed by atoms with Gasteiger partial charge in [0.1, 0.15) is 0 Å². The van der Waals surface area contributed by atoms with Crippen LogP contribution in [0.4, 0.5) is 0 Å². The molecule has 0 aliphatic rings. The van der Waals surface area contributed by atoms with Crippen LogP contribution in [0.1, 0.15) is 5.56 Å². The van der Waals surface area contributed by atoms with E-state index in [1.54, 1.807) is 11.3 Å². The minimum atomic E-state index is 0.682. The smallest absolute Gasteiger partial charge is 0.0813 e. The van der Waals surface area contributed by atoms with Gasteiger partial charge in [-0.05, 0) is 18.5 Å². The van der Waals surface area contributed by atoms with Crippen LogP contribution >= 0.6 is 11.3 Å². The SMILES string of the molecule is NCCc1ccccc1-c1cscn1. The molecule has 1 heterocycles. The fourth-order valence-electron chi connectivity index (χ4n) is 1.49. The predicted octanol–water partition coefficient (Wildman–Crippen LogP) is 2.31. The molecule has 0 atom stereocenters. The number of nitrogens with two attached hydrogens (primary N) is 1. The minimum Gasteiger partial charge on any atom is -0.330 e. The van der Waals surface area contributed by atoms with Crippen LogP contribution in [0.3, 0.4) is 0 Å². The predicted molar refractivity (Wildman–Crippen MR) is 60.3 cm³/mol. The normalized spacial score (nSPS) is 10.4. The van der Waals surface area contributed by atoms with E-state index in [-0.39, 0.29) is 0 Å². The number of thiazole rings is 1. The summed E-state index contributed by atoms with van der Waals surface area (Å²) in [5.41, 5.74) is 11.0. The molecule has 0 aliphatic carbocycles. The molecule has 2 N–H and O–H groups in total. The lowest BCUT2D eigenvalue weighted by atomic mass is 10.0. The van der Waals surface area contributed by atoms with Crippen LogP contribution in [0.2, 0.25) is 0 Å². The van der Waals surface area contributed by atoms with Crippen molar-refractivity contribution in [1.29, 1.82) is 0 Å². The molecule has 0 unspecified atom stereocenters. The van der Waals surface area contributed by atoms with Crippen molar-refractivity contribution in [3.8, 4) is 11.3 Å². The van der Waals surface area contributed by atoms with Gasteiger partial charge in [0, 0.05) is 10.9 Å². The first-order valence-electron chi connectivity index (χ1n) is 4.58. The first-order valence-corrected chi connectivity index (χ1v) is 5.52. The molecule has 3 heteroatoms. The maximum atomic E-state index is 5.57. The molecule has 0 radical (unpaired) electrons. The zero-order valence-corrected chi connectivity index (χ0v) is 8.63. The Balaban J connectivity index is 2.42. The van der Waals surface area contributed by atoms with E-state index in [1.807, 2.05) is 17.6 Å². The van der Waals surface area contributed by atoms with Gasteiger partial charge in [0.2, 0.25) is 0 Å². The van der Waals surface area contributed by atoms with E-state index >= 15 is 0 Å². The molecule has 0 saturated heterocycles. The van der Waals surface area contributed by atoms with Gasteiger partial charge in [-0.1, -0.05) is 24.3 Å². The molecule has 1 aromatic heterocycles. The molecule has 0 aliphatic heterocycles. The van der Waals surface area contributed by atoms with Crippen LogP contribution in [-0.2, 0) is 6.42 Å². The largest absolute Gasteiger partial charge is 0.330 e. The molecule has 72 valence electrons. The third-order valence-corrected chi connectivity index (χ3v) is 2.73. The van der Waals surface area contributed by atoms with E-state index in [0.29, 0.717) is 6.54 Å². The maximum Gasteiger partial charge on any atom is 0.0813 e. The first kappa shape index (κ1) is 9.37. The zero-order valence-electron chi connectivity index (χ0n) is 7.81. The van der Waals surface area contributed by atoms with Gasteiger partial charge in [0.25, 0.3) is 0 Å². The number of hydrogen-bond acceptors (Lipinski definition) is 3. The van der Waals surface area contributed by atoms with Gasteiger partial charge in [-0.25, -0.2) is 4.98 Å². The second-order valence-electron chi connectivity index (χ2n) is 3.07. The maximum absolute atomic E-state index is 5.57. The van der Waals surface area contributed by atoms with E-state index in [0.717, 1.165) is 12.1 Å². The van der Waals surface area contributed by atoms with E-state index < -0.39 is 0 Å². The summed E-state index contributed by atoms with van der Waals surface area (Å²) in [5, 5.41) is 2.06. The zero-order chi connectivity index (χ0) is 9.80. The van der Waals surface area contributed by atoms with Crippen molar-refractivity contribution in [2.75, 3.05) is 6.54 Å². The summed E-state index contributed by atoms with van der Waals surface area (Å²) >= 11 is 1.62. The molecular weight excluding hydrogens is 192 g/mol. The molecule has 0 bridgehead atoms. The minimum absolute atomic E-state index is 0.682. The highest BCUT2D eigenvalue weighted by molar-refractivity contribution is 7.07. The molecule has 0 amide bonds. The Labute approximate surface area is 87.4 Å². The van der Waals surface area contributed by atoms with Crippen LogP contribution < -0.4 is 5.73 Å². The number of nitrogens with zero attached hydrogens (tertiary/aromatic N) is 1. The number of aromatic nitrogens is 1. The molecule has 0 spiro atoms. The van der Waals surface area contributed by atoms with Gasteiger partial charge >= 0.3 is 0 Å². The van der Waals surface area contributed by atoms with E-state index in [2.05, 4.69) is 22.5 Å². The summed E-state index contributed by atoms with van der Waals surface area (Å²) in [7, 11) is 0. The van der Waals surface area contributed by atoms with Crippen LogP contribution in [0.5, 0.6) is 0 Å². The molecule has 0 saturated carbocycles. The summed E-state index contributed by atoms with van der Waals surface area (Å²) < 4.78 is 0. The van der Waals surface area contributed by atoms with Crippen molar-refractivity contribution in [2.45, 2.75) is 6.42 Å². The summed E-state index contributed by atoms with van der Waals surface area (Å²) in [6.07, 6.45) is 0.910.